The molecule has 0 unspecified atom stereocenters. The molecule has 29 heavy (non-hydrogen) atoms. The van der Waals surface area contributed by atoms with Crippen molar-refractivity contribution >= 4 is 17.1 Å². The lowest BCUT2D eigenvalue weighted by molar-refractivity contribution is 0.862. The predicted octanol–water partition coefficient (Wildman–Crippen LogP) is 8.17. The number of aliphatic imine (C=N–C) groups is 1. The van der Waals surface area contributed by atoms with Crippen LogP contribution in [0.25, 0.3) is 0 Å². The van der Waals surface area contributed by atoms with Crippen molar-refractivity contribution in [1.29, 1.82) is 0 Å². The second kappa shape index (κ2) is 10.4. The van der Waals surface area contributed by atoms with Crippen molar-refractivity contribution in [2.24, 2.45) is 4.99 Å². The first-order valence-electron chi connectivity index (χ1n) is 11.0. The van der Waals surface area contributed by atoms with Gasteiger partial charge in [0.15, 0.2) is 0 Å². The van der Waals surface area contributed by atoms with Crippen LogP contribution in [0.2, 0.25) is 0 Å². The molecule has 2 aromatic rings. The van der Waals surface area contributed by atoms with Gasteiger partial charge in [-0.15, -0.1) is 0 Å². The molecule has 0 saturated carbocycles. The number of nitrogens with zero attached hydrogens (tertiary/aromatic N) is 1. The van der Waals surface area contributed by atoms with E-state index in [0.717, 1.165) is 29.9 Å². The molecule has 0 aliphatic carbocycles. The van der Waals surface area contributed by atoms with E-state index < -0.39 is 0 Å². The summed E-state index contributed by atoms with van der Waals surface area (Å²) in [5.74, 6) is 0.942. The number of rotatable bonds is 8. The number of aryl methyl sites for hydroxylation is 2. The first kappa shape index (κ1) is 22.9. The Morgan fingerprint density at radius 1 is 0.862 bits per heavy atom. The van der Waals surface area contributed by atoms with Crippen molar-refractivity contribution in [3.8, 4) is 0 Å². The zero-order valence-electron chi connectivity index (χ0n) is 19.6. The number of nitrogens with one attached hydrogen (secondary N) is 1. The molecule has 2 aromatic carbocycles. The van der Waals surface area contributed by atoms with Crippen LogP contribution < -0.4 is 5.32 Å². The summed E-state index contributed by atoms with van der Waals surface area (Å²) in [6.07, 6.45) is 4.17. The lowest BCUT2D eigenvalue weighted by atomic mass is 9.96. The fourth-order valence-electron chi connectivity index (χ4n) is 3.80. The second-order valence-corrected chi connectivity index (χ2v) is 8.46. The summed E-state index contributed by atoms with van der Waals surface area (Å²) in [5, 5.41) is 3.67. The van der Waals surface area contributed by atoms with Gasteiger partial charge in [0.2, 0.25) is 0 Å². The normalized spacial score (nSPS) is 12.8. The Kier molecular flexibility index (Phi) is 8.25. The number of hydrogen-bond donors (Lipinski definition) is 1. The molecule has 0 aromatic heterocycles. The molecular weight excluding hydrogens is 352 g/mol. The maximum absolute atomic E-state index is 5.03. The van der Waals surface area contributed by atoms with E-state index in [2.05, 4.69) is 103 Å². The maximum Gasteiger partial charge on any atom is 0.0699 e. The fourth-order valence-corrected chi connectivity index (χ4v) is 3.80. The summed E-state index contributed by atoms with van der Waals surface area (Å²) in [6, 6.07) is 13.2. The zero-order chi connectivity index (χ0) is 21.6. The van der Waals surface area contributed by atoms with Crippen molar-refractivity contribution in [1.82, 2.24) is 0 Å². The molecule has 0 atom stereocenters. The van der Waals surface area contributed by atoms with Gasteiger partial charge in [0.1, 0.15) is 0 Å². The minimum Gasteiger partial charge on any atom is -0.359 e. The van der Waals surface area contributed by atoms with Crippen LogP contribution in [0.1, 0.15) is 89.5 Å². The molecule has 2 rings (SSSR count). The SMILES string of the molecule is CCc1cccc(C(C)C)c1N=C(C)/C=C(/C)Nc1c(CC)cccc1C(C)C. The Labute approximate surface area is 178 Å². The lowest BCUT2D eigenvalue weighted by Gasteiger charge is -2.19. The first-order valence-corrected chi connectivity index (χ1v) is 11.0. The molecule has 156 valence electrons. The Morgan fingerprint density at radius 3 is 1.97 bits per heavy atom. The Hall–Kier alpha value is -2.35. The van der Waals surface area contributed by atoms with Gasteiger partial charge in [0.25, 0.3) is 0 Å². The molecule has 0 spiro atoms. The average molecular weight is 391 g/mol. The number of anilines is 1. The summed E-state index contributed by atoms with van der Waals surface area (Å²) < 4.78 is 0. The summed E-state index contributed by atoms with van der Waals surface area (Å²) in [6.45, 7) is 17.6. The van der Waals surface area contributed by atoms with Gasteiger partial charge in [-0.2, -0.15) is 0 Å². The maximum atomic E-state index is 5.03. The van der Waals surface area contributed by atoms with E-state index in [4.69, 9.17) is 4.99 Å². The Balaban J connectivity index is 2.40. The zero-order valence-corrected chi connectivity index (χ0v) is 19.6. The molecule has 0 aliphatic heterocycles. The Morgan fingerprint density at radius 2 is 1.41 bits per heavy atom. The van der Waals surface area contributed by atoms with Gasteiger partial charge in [-0.25, -0.2) is 0 Å². The average Bonchev–Trinajstić information content (AvgIpc) is 2.67. The molecule has 0 aliphatic rings. The van der Waals surface area contributed by atoms with Crippen molar-refractivity contribution < 1.29 is 0 Å². The third kappa shape index (κ3) is 5.82. The highest BCUT2D eigenvalue weighted by atomic mass is 14.9. The van der Waals surface area contributed by atoms with E-state index in [9.17, 15) is 0 Å². The standard InChI is InChI=1S/C27H38N2/c1-9-22-13-11-15-24(18(3)4)26(22)28-20(7)17-21(8)29-27-23(10-2)14-12-16-25(27)19(5)6/h11-19,28H,9-10H2,1-8H3/b20-17-,29-21?. The van der Waals surface area contributed by atoms with Crippen LogP contribution >= 0.6 is 0 Å². The monoisotopic (exact) mass is 390 g/mol. The van der Waals surface area contributed by atoms with Gasteiger partial charge in [-0.05, 0) is 66.9 Å². The molecule has 0 saturated heterocycles. The number of allylic oxidation sites excluding steroid dienone is 2. The molecule has 0 radical (unpaired) electrons. The van der Waals surface area contributed by atoms with Crippen molar-refractivity contribution in [3.05, 3.63) is 70.4 Å². The smallest absolute Gasteiger partial charge is 0.0699 e. The molecule has 0 bridgehead atoms. The molecule has 2 nitrogen and oxygen atoms in total. The second-order valence-electron chi connectivity index (χ2n) is 8.46. The van der Waals surface area contributed by atoms with E-state index in [1.165, 1.54) is 27.9 Å². The minimum absolute atomic E-state index is 0.460. The third-order valence-corrected chi connectivity index (χ3v) is 5.38. The number of benzene rings is 2. The summed E-state index contributed by atoms with van der Waals surface area (Å²) >= 11 is 0. The third-order valence-electron chi connectivity index (χ3n) is 5.38. The molecule has 0 amide bonds. The van der Waals surface area contributed by atoms with Crippen LogP contribution in [0.3, 0.4) is 0 Å². The first-order chi connectivity index (χ1) is 13.8. The molecule has 2 heteroatoms. The van der Waals surface area contributed by atoms with Crippen LogP contribution in [-0.4, -0.2) is 5.71 Å². The van der Waals surface area contributed by atoms with Crippen LogP contribution in [-0.2, 0) is 12.8 Å². The van der Waals surface area contributed by atoms with Gasteiger partial charge in [0, 0.05) is 17.1 Å². The molecule has 1 N–H and O–H groups in total. The highest BCUT2D eigenvalue weighted by Gasteiger charge is 2.12. The van der Waals surface area contributed by atoms with E-state index in [1.807, 2.05) is 0 Å². The van der Waals surface area contributed by atoms with E-state index in [0.29, 0.717) is 11.8 Å². The summed E-state index contributed by atoms with van der Waals surface area (Å²) in [4.78, 5) is 5.03. The highest BCUT2D eigenvalue weighted by molar-refractivity contribution is 5.96. The van der Waals surface area contributed by atoms with Gasteiger partial charge in [-0.3, -0.25) is 4.99 Å². The van der Waals surface area contributed by atoms with E-state index in [1.54, 1.807) is 0 Å². The summed E-state index contributed by atoms with van der Waals surface area (Å²) in [7, 11) is 0. The molecular formula is C27H38N2. The predicted molar refractivity (Wildman–Crippen MR) is 130 cm³/mol. The number of hydrogen-bond acceptors (Lipinski definition) is 2. The van der Waals surface area contributed by atoms with Gasteiger partial charge >= 0.3 is 0 Å². The van der Waals surface area contributed by atoms with Gasteiger partial charge in [0.05, 0.1) is 5.69 Å². The van der Waals surface area contributed by atoms with Gasteiger partial charge < -0.3 is 5.32 Å². The van der Waals surface area contributed by atoms with Crippen molar-refractivity contribution in [2.45, 2.75) is 80.1 Å². The molecule has 0 fully saturated rings. The van der Waals surface area contributed by atoms with Crippen molar-refractivity contribution in [2.75, 3.05) is 5.32 Å². The van der Waals surface area contributed by atoms with Crippen LogP contribution in [0.5, 0.6) is 0 Å². The largest absolute Gasteiger partial charge is 0.359 e. The minimum atomic E-state index is 0.460. The topological polar surface area (TPSA) is 24.4 Å². The van der Waals surface area contributed by atoms with E-state index >= 15 is 0 Å². The van der Waals surface area contributed by atoms with Crippen LogP contribution in [0.15, 0.2) is 53.2 Å². The Bertz CT molecular complexity index is 885. The van der Waals surface area contributed by atoms with Crippen LogP contribution in [0, 0.1) is 0 Å². The quantitative estimate of drug-likeness (QED) is 0.452. The van der Waals surface area contributed by atoms with Crippen molar-refractivity contribution in [3.63, 3.8) is 0 Å². The van der Waals surface area contributed by atoms with E-state index in [-0.39, 0.29) is 0 Å². The highest BCUT2D eigenvalue weighted by Crippen LogP contribution is 2.32. The number of para-hydroxylation sites is 2. The van der Waals surface area contributed by atoms with Gasteiger partial charge in [-0.1, -0.05) is 77.9 Å². The molecule has 0 heterocycles. The lowest BCUT2D eigenvalue weighted by Crippen LogP contribution is -2.06. The summed E-state index contributed by atoms with van der Waals surface area (Å²) in [5.41, 5.74) is 9.90. The van der Waals surface area contributed by atoms with Crippen LogP contribution in [0.4, 0.5) is 11.4 Å². The fraction of sp³-hybridized carbons (Fsp3) is 0.444.